The van der Waals surface area contributed by atoms with E-state index in [-0.39, 0.29) is 11.7 Å². The summed E-state index contributed by atoms with van der Waals surface area (Å²) in [6.45, 7) is 1.44. The van der Waals surface area contributed by atoms with Gasteiger partial charge in [0.25, 0.3) is 0 Å². The molecule has 0 saturated heterocycles. The van der Waals surface area contributed by atoms with Crippen LogP contribution in [0.1, 0.15) is 11.7 Å². The van der Waals surface area contributed by atoms with Crippen LogP contribution in [-0.2, 0) is 0 Å². The van der Waals surface area contributed by atoms with E-state index in [2.05, 4.69) is 4.98 Å². The molecular weight excluding hydrogens is 243 g/mol. The predicted octanol–water partition coefficient (Wildman–Crippen LogP) is 3.50. The van der Waals surface area contributed by atoms with E-state index in [0.717, 1.165) is 0 Å². The summed E-state index contributed by atoms with van der Waals surface area (Å²) in [5, 5.41) is 0. The van der Waals surface area contributed by atoms with E-state index >= 15 is 0 Å². The molecule has 3 nitrogen and oxygen atoms in total. The van der Waals surface area contributed by atoms with Crippen LogP contribution < -0.4 is 0 Å². The summed E-state index contributed by atoms with van der Waals surface area (Å²) in [5.74, 6) is -0.237. The van der Waals surface area contributed by atoms with Crippen LogP contribution in [-0.4, -0.2) is 15.5 Å². The van der Waals surface area contributed by atoms with Crippen molar-refractivity contribution in [1.82, 2.24) is 9.55 Å². The van der Waals surface area contributed by atoms with Gasteiger partial charge in [-0.3, -0.25) is 9.36 Å². The summed E-state index contributed by atoms with van der Waals surface area (Å²) < 4.78 is 15.3. The van der Waals surface area contributed by atoms with Crippen molar-refractivity contribution in [2.45, 2.75) is 6.92 Å². The molecule has 0 aliphatic rings. The van der Waals surface area contributed by atoms with Crippen molar-refractivity contribution in [2.24, 2.45) is 0 Å². The fourth-order valence-corrected chi connectivity index (χ4v) is 2.17. The Hall–Kier alpha value is -2.49. The van der Waals surface area contributed by atoms with Gasteiger partial charge in [0, 0.05) is 6.92 Å². The van der Waals surface area contributed by atoms with Crippen molar-refractivity contribution in [2.75, 3.05) is 0 Å². The number of hydrogen-bond acceptors (Lipinski definition) is 2. The smallest absolute Gasteiger partial charge is 0.229 e. The van der Waals surface area contributed by atoms with Gasteiger partial charge in [-0.2, -0.15) is 0 Å². The summed E-state index contributed by atoms with van der Waals surface area (Å²) in [7, 11) is 0. The number of aromatic nitrogens is 2. The normalized spacial score (nSPS) is 10.8. The number of carbonyl (C=O) groups excluding carboxylic acids is 1. The van der Waals surface area contributed by atoms with Crippen LogP contribution in [0.25, 0.3) is 22.4 Å². The third kappa shape index (κ3) is 1.81. The molecule has 1 heterocycles. The molecule has 94 valence electrons. The molecule has 0 bridgehead atoms. The van der Waals surface area contributed by atoms with Crippen LogP contribution in [0.5, 0.6) is 0 Å². The van der Waals surface area contributed by atoms with E-state index in [4.69, 9.17) is 0 Å². The molecule has 0 fully saturated rings. The zero-order chi connectivity index (χ0) is 13.4. The fraction of sp³-hybridized carbons (Fsp3) is 0.0667. The Bertz CT molecular complexity index is 777. The standard InChI is InChI=1S/C15H11FN2O/c1-10(19)18-14-9-5-4-8-13(14)17-15(18)11-6-2-3-7-12(11)16/h2-9H,1H3. The third-order valence-electron chi connectivity index (χ3n) is 2.99. The number of para-hydroxylation sites is 2. The van der Waals surface area contributed by atoms with Crippen LogP contribution in [0.15, 0.2) is 48.5 Å². The van der Waals surface area contributed by atoms with Crippen LogP contribution in [0.4, 0.5) is 4.39 Å². The van der Waals surface area contributed by atoms with Gasteiger partial charge in [-0.25, -0.2) is 9.37 Å². The number of nitrogens with zero attached hydrogens (tertiary/aromatic N) is 2. The van der Waals surface area contributed by atoms with E-state index in [0.29, 0.717) is 22.4 Å². The molecule has 0 amide bonds. The fourth-order valence-electron chi connectivity index (χ4n) is 2.17. The van der Waals surface area contributed by atoms with Gasteiger partial charge in [0.2, 0.25) is 5.91 Å². The Kier molecular flexibility index (Phi) is 2.63. The second-order valence-electron chi connectivity index (χ2n) is 4.26. The van der Waals surface area contributed by atoms with Crippen LogP contribution >= 0.6 is 0 Å². The molecule has 0 N–H and O–H groups in total. The average molecular weight is 254 g/mol. The van der Waals surface area contributed by atoms with Gasteiger partial charge in [0.1, 0.15) is 5.82 Å². The lowest BCUT2D eigenvalue weighted by atomic mass is 10.2. The monoisotopic (exact) mass is 254 g/mol. The Balaban J connectivity index is 2.38. The molecule has 0 unspecified atom stereocenters. The summed E-state index contributed by atoms with van der Waals surface area (Å²) in [5.41, 5.74) is 1.69. The molecule has 0 saturated carbocycles. The maximum Gasteiger partial charge on any atom is 0.229 e. The average Bonchev–Trinajstić information content (AvgIpc) is 2.78. The first-order valence-electron chi connectivity index (χ1n) is 5.92. The van der Waals surface area contributed by atoms with Crippen molar-refractivity contribution in [3.8, 4) is 11.4 Å². The van der Waals surface area contributed by atoms with Gasteiger partial charge in [0.15, 0.2) is 5.82 Å². The van der Waals surface area contributed by atoms with Crippen LogP contribution in [0.2, 0.25) is 0 Å². The SMILES string of the molecule is CC(=O)n1c(-c2ccccc2F)nc2ccccc21. The number of halogens is 1. The van der Waals surface area contributed by atoms with Crippen molar-refractivity contribution in [1.29, 1.82) is 0 Å². The Morgan fingerprint density at radius 2 is 1.79 bits per heavy atom. The molecule has 3 aromatic rings. The molecule has 0 aliphatic carbocycles. The highest BCUT2D eigenvalue weighted by molar-refractivity contribution is 5.93. The molecule has 0 aliphatic heterocycles. The number of carbonyl (C=O) groups is 1. The van der Waals surface area contributed by atoms with Gasteiger partial charge in [-0.15, -0.1) is 0 Å². The highest BCUT2D eigenvalue weighted by Gasteiger charge is 2.17. The van der Waals surface area contributed by atoms with E-state index in [9.17, 15) is 9.18 Å². The van der Waals surface area contributed by atoms with Gasteiger partial charge < -0.3 is 0 Å². The topological polar surface area (TPSA) is 34.9 Å². The zero-order valence-corrected chi connectivity index (χ0v) is 10.3. The maximum absolute atomic E-state index is 13.9. The first-order valence-corrected chi connectivity index (χ1v) is 5.92. The Labute approximate surface area is 109 Å². The number of benzene rings is 2. The molecule has 1 aromatic heterocycles. The minimum absolute atomic E-state index is 0.188. The lowest BCUT2D eigenvalue weighted by molar-refractivity contribution is 0.0943. The van der Waals surface area contributed by atoms with Gasteiger partial charge in [-0.1, -0.05) is 24.3 Å². The van der Waals surface area contributed by atoms with Crippen molar-refractivity contribution in [3.05, 3.63) is 54.3 Å². The number of fused-ring (bicyclic) bond motifs is 1. The molecule has 2 aromatic carbocycles. The lowest BCUT2D eigenvalue weighted by Gasteiger charge is -2.05. The Morgan fingerprint density at radius 3 is 2.53 bits per heavy atom. The molecule has 0 spiro atoms. The van der Waals surface area contributed by atoms with E-state index in [1.54, 1.807) is 30.3 Å². The van der Waals surface area contributed by atoms with Crippen molar-refractivity contribution in [3.63, 3.8) is 0 Å². The molecule has 3 rings (SSSR count). The van der Waals surface area contributed by atoms with Gasteiger partial charge >= 0.3 is 0 Å². The molecular formula is C15H11FN2O. The second kappa shape index (κ2) is 4.31. The summed E-state index contributed by atoms with van der Waals surface area (Å²) in [6, 6.07) is 13.6. The van der Waals surface area contributed by atoms with Crippen molar-refractivity contribution < 1.29 is 9.18 Å². The summed E-state index contributed by atoms with van der Waals surface area (Å²) >= 11 is 0. The lowest BCUT2D eigenvalue weighted by Crippen LogP contribution is -2.07. The summed E-state index contributed by atoms with van der Waals surface area (Å²) in [4.78, 5) is 16.2. The third-order valence-corrected chi connectivity index (χ3v) is 2.99. The first-order chi connectivity index (χ1) is 9.18. The zero-order valence-electron chi connectivity index (χ0n) is 10.3. The minimum Gasteiger partial charge on any atom is -0.274 e. The molecule has 4 heteroatoms. The molecule has 0 radical (unpaired) electrons. The number of rotatable bonds is 1. The summed E-state index contributed by atoms with van der Waals surface area (Å²) in [6.07, 6.45) is 0. The van der Waals surface area contributed by atoms with E-state index < -0.39 is 0 Å². The van der Waals surface area contributed by atoms with E-state index in [1.165, 1.54) is 17.6 Å². The molecule has 0 atom stereocenters. The minimum atomic E-state index is -0.389. The quantitative estimate of drug-likeness (QED) is 0.666. The number of hydrogen-bond donors (Lipinski definition) is 0. The Morgan fingerprint density at radius 1 is 1.11 bits per heavy atom. The second-order valence-corrected chi connectivity index (χ2v) is 4.26. The van der Waals surface area contributed by atoms with Crippen LogP contribution in [0.3, 0.4) is 0 Å². The largest absolute Gasteiger partial charge is 0.274 e. The molecule has 19 heavy (non-hydrogen) atoms. The number of imidazole rings is 1. The highest BCUT2D eigenvalue weighted by atomic mass is 19.1. The van der Waals surface area contributed by atoms with E-state index in [1.807, 2.05) is 12.1 Å². The van der Waals surface area contributed by atoms with Crippen LogP contribution in [0, 0.1) is 5.82 Å². The maximum atomic E-state index is 13.9. The van der Waals surface area contributed by atoms with Crippen molar-refractivity contribution >= 4 is 16.9 Å². The van der Waals surface area contributed by atoms with Gasteiger partial charge in [0.05, 0.1) is 16.6 Å². The predicted molar refractivity (Wildman–Crippen MR) is 71.4 cm³/mol. The first kappa shape index (κ1) is 11.6. The van der Waals surface area contributed by atoms with Gasteiger partial charge in [-0.05, 0) is 24.3 Å². The highest BCUT2D eigenvalue weighted by Crippen LogP contribution is 2.26.